The highest BCUT2D eigenvalue weighted by molar-refractivity contribution is 6.93. The maximum Gasteiger partial charge on any atom is 0.115 e. The summed E-state index contributed by atoms with van der Waals surface area (Å²) in [7, 11) is -1.73. The second-order valence-electron chi connectivity index (χ2n) is 6.60. The summed E-state index contributed by atoms with van der Waals surface area (Å²) in [6.45, 7) is 20.5. The van der Waals surface area contributed by atoms with E-state index < -0.39 is 8.24 Å². The van der Waals surface area contributed by atoms with Crippen molar-refractivity contribution in [1.29, 1.82) is 0 Å². The molecule has 0 aromatic heterocycles. The number of hydrogen-bond acceptors (Lipinski definition) is 3. The van der Waals surface area contributed by atoms with E-state index in [0.29, 0.717) is 0 Å². The standard InChI is InChI=1S/C13H32N2OSi3/c1-17(2)15(18(3)4)19(5,6)13-7-8-14-9-11-16-12-10-14/h7-13H2,1-6H3. The van der Waals surface area contributed by atoms with E-state index in [0.717, 1.165) is 26.3 Å². The Hall–Kier alpha value is 0.531. The summed E-state index contributed by atoms with van der Waals surface area (Å²) < 4.78 is 8.40. The van der Waals surface area contributed by atoms with Crippen LogP contribution in [0.15, 0.2) is 0 Å². The van der Waals surface area contributed by atoms with Gasteiger partial charge in [0.25, 0.3) is 0 Å². The smallest absolute Gasteiger partial charge is 0.115 e. The predicted octanol–water partition coefficient (Wildman–Crippen LogP) is 2.72. The Balaban J connectivity index is 2.39. The first-order chi connectivity index (χ1) is 8.84. The lowest BCUT2D eigenvalue weighted by Gasteiger charge is -2.43. The van der Waals surface area contributed by atoms with Crippen LogP contribution < -0.4 is 0 Å². The highest BCUT2D eigenvalue weighted by Crippen LogP contribution is 2.21. The maximum atomic E-state index is 5.42. The van der Waals surface area contributed by atoms with Crippen molar-refractivity contribution in [3.05, 3.63) is 0 Å². The average molecular weight is 317 g/mol. The molecule has 0 bridgehead atoms. The zero-order chi connectivity index (χ0) is 14.5. The van der Waals surface area contributed by atoms with Gasteiger partial charge in [0.15, 0.2) is 0 Å². The van der Waals surface area contributed by atoms with Gasteiger partial charge in [0.05, 0.1) is 13.2 Å². The topological polar surface area (TPSA) is 15.7 Å². The van der Waals surface area contributed by atoms with Crippen LogP contribution in [0.2, 0.25) is 45.3 Å². The molecule has 0 saturated carbocycles. The summed E-state index contributed by atoms with van der Waals surface area (Å²) in [5, 5.41) is 0. The van der Waals surface area contributed by atoms with E-state index in [1.54, 1.807) is 0 Å². The van der Waals surface area contributed by atoms with Crippen LogP contribution in [-0.4, -0.2) is 67.8 Å². The van der Waals surface area contributed by atoms with Gasteiger partial charge < -0.3 is 8.63 Å². The summed E-state index contributed by atoms with van der Waals surface area (Å²) in [5.41, 5.74) is 0. The Labute approximate surface area is 124 Å². The molecule has 0 aromatic rings. The molecule has 6 heteroatoms. The van der Waals surface area contributed by atoms with Crippen molar-refractivity contribution >= 4 is 26.2 Å². The molecule has 1 fully saturated rings. The van der Waals surface area contributed by atoms with Gasteiger partial charge >= 0.3 is 0 Å². The van der Waals surface area contributed by atoms with Crippen molar-refractivity contribution in [3.8, 4) is 0 Å². The number of rotatable bonds is 7. The molecular formula is C13H32N2OSi3. The molecule has 1 heterocycles. The van der Waals surface area contributed by atoms with Crippen molar-refractivity contribution in [2.24, 2.45) is 0 Å². The lowest BCUT2D eigenvalue weighted by atomic mass is 10.3. The number of hydrogen-bond donors (Lipinski definition) is 0. The Bertz CT molecular complexity index is 248. The Morgan fingerprint density at radius 3 is 2.05 bits per heavy atom. The maximum absolute atomic E-state index is 5.42. The molecule has 1 saturated heterocycles. The van der Waals surface area contributed by atoms with Gasteiger partial charge in [0.1, 0.15) is 26.2 Å². The number of ether oxygens (including phenoxy) is 1. The van der Waals surface area contributed by atoms with Gasteiger partial charge in [0.2, 0.25) is 0 Å². The third kappa shape index (κ3) is 5.81. The number of nitrogens with zero attached hydrogens (tertiary/aromatic N) is 2. The van der Waals surface area contributed by atoms with Crippen LogP contribution in [0.5, 0.6) is 0 Å². The second kappa shape index (κ2) is 8.09. The largest absolute Gasteiger partial charge is 0.379 e. The highest BCUT2D eigenvalue weighted by Gasteiger charge is 2.33. The van der Waals surface area contributed by atoms with Crippen LogP contribution in [-0.2, 0) is 4.74 Å². The van der Waals surface area contributed by atoms with E-state index >= 15 is 0 Å². The molecule has 1 aliphatic heterocycles. The highest BCUT2D eigenvalue weighted by atomic mass is 28.4. The predicted molar refractivity (Wildman–Crippen MR) is 91.0 cm³/mol. The summed E-state index contributed by atoms with van der Waals surface area (Å²) in [5.74, 6) is 0. The van der Waals surface area contributed by atoms with Crippen molar-refractivity contribution in [3.63, 3.8) is 0 Å². The zero-order valence-corrected chi connectivity index (χ0v) is 16.8. The fraction of sp³-hybridized carbons (Fsp3) is 1.00. The Kier molecular flexibility index (Phi) is 7.49. The van der Waals surface area contributed by atoms with Gasteiger partial charge in [-0.05, 0) is 19.0 Å². The molecule has 19 heavy (non-hydrogen) atoms. The van der Waals surface area contributed by atoms with E-state index in [4.69, 9.17) is 4.74 Å². The van der Waals surface area contributed by atoms with Crippen molar-refractivity contribution in [1.82, 2.24) is 8.80 Å². The van der Waals surface area contributed by atoms with Crippen LogP contribution in [0.3, 0.4) is 0 Å². The van der Waals surface area contributed by atoms with Crippen molar-refractivity contribution < 1.29 is 4.74 Å². The summed E-state index contributed by atoms with van der Waals surface area (Å²) in [6.07, 6.45) is 1.38. The second-order valence-corrected chi connectivity index (χ2v) is 17.2. The summed E-state index contributed by atoms with van der Waals surface area (Å²) in [4.78, 5) is 2.58. The van der Waals surface area contributed by atoms with Gasteiger partial charge in [-0.3, -0.25) is 4.90 Å². The molecule has 0 amide bonds. The molecule has 0 spiro atoms. The van der Waals surface area contributed by atoms with Crippen LogP contribution in [0.4, 0.5) is 0 Å². The number of morpholine rings is 1. The van der Waals surface area contributed by atoms with Gasteiger partial charge in [-0.2, -0.15) is 0 Å². The molecule has 112 valence electrons. The van der Waals surface area contributed by atoms with Crippen molar-refractivity contribution in [2.75, 3.05) is 32.8 Å². The Morgan fingerprint density at radius 2 is 1.58 bits per heavy atom. The van der Waals surface area contributed by atoms with Gasteiger partial charge in [0, 0.05) is 13.1 Å². The van der Waals surface area contributed by atoms with E-state index in [1.165, 1.54) is 19.0 Å². The molecule has 0 aliphatic carbocycles. The average Bonchev–Trinajstić information content (AvgIpc) is 2.28. The van der Waals surface area contributed by atoms with Gasteiger partial charge in [-0.15, -0.1) is 0 Å². The SMILES string of the molecule is C[Si](C)N([Si](C)C)[Si](C)(C)CCCN1CCOCC1. The van der Waals surface area contributed by atoms with E-state index in [-0.39, 0.29) is 17.9 Å². The normalized spacial score (nSPS) is 18.8. The quantitative estimate of drug-likeness (QED) is 0.672. The molecule has 1 aliphatic rings. The van der Waals surface area contributed by atoms with E-state index in [1.807, 2.05) is 0 Å². The summed E-state index contributed by atoms with van der Waals surface area (Å²) in [6, 6.07) is 1.45. The van der Waals surface area contributed by atoms with E-state index in [9.17, 15) is 0 Å². The van der Waals surface area contributed by atoms with Gasteiger partial charge in [-0.1, -0.05) is 39.3 Å². The minimum Gasteiger partial charge on any atom is -0.379 e. The van der Waals surface area contributed by atoms with E-state index in [2.05, 4.69) is 48.1 Å². The zero-order valence-electron chi connectivity index (χ0n) is 13.8. The van der Waals surface area contributed by atoms with Crippen LogP contribution in [0.1, 0.15) is 6.42 Å². The molecule has 0 unspecified atom stereocenters. The fourth-order valence-corrected chi connectivity index (χ4v) is 18.5. The molecular weight excluding hydrogens is 284 g/mol. The fourth-order valence-electron chi connectivity index (χ4n) is 3.33. The van der Waals surface area contributed by atoms with Crippen molar-refractivity contribution in [2.45, 2.75) is 51.7 Å². The molecule has 2 radical (unpaired) electrons. The van der Waals surface area contributed by atoms with Crippen LogP contribution in [0, 0.1) is 0 Å². The molecule has 0 N–H and O–H groups in total. The Morgan fingerprint density at radius 1 is 1.05 bits per heavy atom. The molecule has 3 nitrogen and oxygen atoms in total. The summed E-state index contributed by atoms with van der Waals surface area (Å²) >= 11 is 0. The lowest BCUT2D eigenvalue weighted by Crippen LogP contribution is -2.59. The molecule has 1 rings (SSSR count). The first kappa shape index (κ1) is 17.6. The molecule has 0 aromatic carbocycles. The first-order valence-corrected chi connectivity index (χ1v) is 15.6. The van der Waals surface area contributed by atoms with Crippen LogP contribution >= 0.6 is 0 Å². The third-order valence-corrected chi connectivity index (χ3v) is 17.4. The minimum atomic E-state index is -1.18. The monoisotopic (exact) mass is 316 g/mol. The van der Waals surface area contributed by atoms with Crippen LogP contribution in [0.25, 0.3) is 0 Å². The van der Waals surface area contributed by atoms with Gasteiger partial charge in [-0.25, -0.2) is 0 Å². The first-order valence-electron chi connectivity index (χ1n) is 7.55. The lowest BCUT2D eigenvalue weighted by molar-refractivity contribution is 0.0379. The molecule has 0 atom stereocenters. The third-order valence-electron chi connectivity index (χ3n) is 3.87. The minimum absolute atomic E-state index is 0.277.